The molecule has 0 saturated heterocycles. The second kappa shape index (κ2) is 6.36. The van der Waals surface area contributed by atoms with Gasteiger partial charge in [-0.2, -0.15) is 0 Å². The Morgan fingerprint density at radius 1 is 1.07 bits per heavy atom. The van der Waals surface area contributed by atoms with E-state index in [-0.39, 0.29) is 5.82 Å². The first kappa shape index (κ1) is 16.8. The topological polar surface area (TPSA) is 41.9 Å². The SMILES string of the molecule is OC1(N2CC=CCC2)CCc2c1ccc(F)c2-c1cccc2c1OCCO2. The molecule has 2 heterocycles. The minimum atomic E-state index is -1.05. The van der Waals surface area contributed by atoms with Gasteiger partial charge in [0.2, 0.25) is 0 Å². The van der Waals surface area contributed by atoms with E-state index in [1.807, 2.05) is 18.2 Å². The van der Waals surface area contributed by atoms with Crippen molar-refractivity contribution in [2.45, 2.75) is 25.0 Å². The number of rotatable bonds is 2. The highest BCUT2D eigenvalue weighted by molar-refractivity contribution is 5.78. The van der Waals surface area contributed by atoms with E-state index in [0.29, 0.717) is 55.2 Å². The molecule has 0 amide bonds. The molecule has 3 aliphatic rings. The van der Waals surface area contributed by atoms with Gasteiger partial charge in [0.25, 0.3) is 0 Å². The van der Waals surface area contributed by atoms with Crippen LogP contribution >= 0.6 is 0 Å². The molecule has 0 aromatic heterocycles. The molecular weight excluding hydrogens is 345 g/mol. The number of hydrogen-bond donors (Lipinski definition) is 1. The second-order valence-electron chi connectivity index (χ2n) is 7.30. The summed E-state index contributed by atoms with van der Waals surface area (Å²) in [7, 11) is 0. The molecule has 0 saturated carbocycles. The number of benzene rings is 2. The molecule has 1 atom stereocenters. The lowest BCUT2D eigenvalue weighted by Crippen LogP contribution is -2.46. The average molecular weight is 367 g/mol. The molecule has 2 aromatic carbocycles. The highest BCUT2D eigenvalue weighted by Crippen LogP contribution is 2.48. The van der Waals surface area contributed by atoms with E-state index < -0.39 is 5.72 Å². The molecule has 1 N–H and O–H groups in total. The van der Waals surface area contributed by atoms with Gasteiger partial charge in [-0.1, -0.05) is 30.4 Å². The van der Waals surface area contributed by atoms with E-state index >= 15 is 0 Å². The molecule has 0 bridgehead atoms. The Labute approximate surface area is 157 Å². The van der Waals surface area contributed by atoms with Crippen LogP contribution in [-0.4, -0.2) is 36.3 Å². The van der Waals surface area contributed by atoms with Gasteiger partial charge in [0, 0.05) is 29.8 Å². The molecule has 1 aliphatic carbocycles. The van der Waals surface area contributed by atoms with Crippen molar-refractivity contribution < 1.29 is 19.0 Å². The van der Waals surface area contributed by atoms with E-state index in [1.165, 1.54) is 6.07 Å². The minimum absolute atomic E-state index is 0.292. The van der Waals surface area contributed by atoms with Gasteiger partial charge in [0.1, 0.15) is 24.8 Å². The van der Waals surface area contributed by atoms with Crippen LogP contribution in [0.4, 0.5) is 4.39 Å². The summed E-state index contributed by atoms with van der Waals surface area (Å²) in [6.07, 6.45) is 6.34. The summed E-state index contributed by atoms with van der Waals surface area (Å²) in [5.41, 5.74) is 1.86. The Kier molecular flexibility index (Phi) is 3.95. The van der Waals surface area contributed by atoms with E-state index in [4.69, 9.17) is 9.47 Å². The third-order valence-electron chi connectivity index (χ3n) is 5.83. The van der Waals surface area contributed by atoms with Crippen LogP contribution in [-0.2, 0) is 12.1 Å². The van der Waals surface area contributed by atoms with Crippen molar-refractivity contribution in [1.82, 2.24) is 4.90 Å². The molecule has 0 spiro atoms. The van der Waals surface area contributed by atoms with E-state index in [2.05, 4.69) is 17.1 Å². The predicted molar refractivity (Wildman–Crippen MR) is 100 cm³/mol. The van der Waals surface area contributed by atoms with Gasteiger partial charge in [-0.3, -0.25) is 4.90 Å². The average Bonchev–Trinajstić information content (AvgIpc) is 3.06. The van der Waals surface area contributed by atoms with Crippen LogP contribution < -0.4 is 9.47 Å². The van der Waals surface area contributed by atoms with Crippen LogP contribution in [0.2, 0.25) is 0 Å². The summed E-state index contributed by atoms with van der Waals surface area (Å²) in [6.45, 7) is 2.45. The molecule has 5 rings (SSSR count). The molecule has 0 fully saturated rings. The summed E-state index contributed by atoms with van der Waals surface area (Å²) in [5, 5.41) is 11.5. The summed E-state index contributed by atoms with van der Waals surface area (Å²) >= 11 is 0. The third-order valence-corrected chi connectivity index (χ3v) is 5.83. The molecule has 2 aromatic rings. The van der Waals surface area contributed by atoms with Crippen LogP contribution in [0, 0.1) is 5.82 Å². The van der Waals surface area contributed by atoms with Crippen molar-refractivity contribution in [3.05, 3.63) is 59.4 Å². The zero-order valence-corrected chi connectivity index (χ0v) is 15.1. The van der Waals surface area contributed by atoms with Gasteiger partial charge in [-0.15, -0.1) is 0 Å². The van der Waals surface area contributed by atoms with Crippen LogP contribution in [0.3, 0.4) is 0 Å². The van der Waals surface area contributed by atoms with Gasteiger partial charge in [-0.05, 0) is 37.0 Å². The fourth-order valence-corrected chi connectivity index (χ4v) is 4.56. The smallest absolute Gasteiger partial charge is 0.169 e. The number of nitrogens with zero attached hydrogens (tertiary/aromatic N) is 1. The standard InChI is InChI=1S/C22H22FNO3/c23-18-8-7-17-15(9-10-22(17,25)24-11-2-1-3-12-24)20(18)16-5-4-6-19-21(16)27-14-13-26-19/h1-2,4-8,25H,3,9-14H2. The summed E-state index contributed by atoms with van der Waals surface area (Å²) in [4.78, 5) is 2.08. The maximum absolute atomic E-state index is 15.0. The van der Waals surface area contributed by atoms with Crippen molar-refractivity contribution >= 4 is 0 Å². The number of halogens is 1. The zero-order valence-electron chi connectivity index (χ0n) is 15.1. The van der Waals surface area contributed by atoms with Gasteiger partial charge >= 0.3 is 0 Å². The largest absolute Gasteiger partial charge is 0.486 e. The van der Waals surface area contributed by atoms with Crippen molar-refractivity contribution in [3.63, 3.8) is 0 Å². The molecule has 0 radical (unpaired) electrons. The lowest BCUT2D eigenvalue weighted by molar-refractivity contribution is -0.110. The fourth-order valence-electron chi connectivity index (χ4n) is 4.56. The molecule has 27 heavy (non-hydrogen) atoms. The lowest BCUT2D eigenvalue weighted by atomic mass is 9.93. The highest BCUT2D eigenvalue weighted by atomic mass is 19.1. The first-order valence-electron chi connectivity index (χ1n) is 9.52. The third kappa shape index (κ3) is 2.57. The number of fused-ring (bicyclic) bond motifs is 2. The maximum Gasteiger partial charge on any atom is 0.169 e. The molecule has 1 unspecified atom stereocenters. The van der Waals surface area contributed by atoms with Crippen LogP contribution in [0.15, 0.2) is 42.5 Å². The maximum atomic E-state index is 15.0. The summed E-state index contributed by atoms with van der Waals surface area (Å²) < 4.78 is 26.5. The molecule has 5 heteroatoms. The van der Waals surface area contributed by atoms with Crippen molar-refractivity contribution in [2.75, 3.05) is 26.3 Å². The number of ether oxygens (including phenoxy) is 2. The fraction of sp³-hybridized carbons (Fsp3) is 0.364. The van der Waals surface area contributed by atoms with Gasteiger partial charge in [0.15, 0.2) is 11.5 Å². The van der Waals surface area contributed by atoms with E-state index in [0.717, 1.165) is 24.1 Å². The Balaban J connectivity index is 1.66. The van der Waals surface area contributed by atoms with Crippen LogP contribution in [0.25, 0.3) is 11.1 Å². The number of aliphatic hydroxyl groups is 1. The molecule has 4 nitrogen and oxygen atoms in total. The van der Waals surface area contributed by atoms with Crippen LogP contribution in [0.5, 0.6) is 11.5 Å². The summed E-state index contributed by atoms with van der Waals surface area (Å²) in [6, 6.07) is 8.78. The lowest BCUT2D eigenvalue weighted by Gasteiger charge is -2.38. The van der Waals surface area contributed by atoms with Crippen molar-refractivity contribution in [3.8, 4) is 22.6 Å². The molecule has 2 aliphatic heterocycles. The van der Waals surface area contributed by atoms with Crippen molar-refractivity contribution in [1.29, 1.82) is 0 Å². The Bertz CT molecular complexity index is 926. The van der Waals surface area contributed by atoms with E-state index in [1.54, 1.807) is 6.07 Å². The Morgan fingerprint density at radius 3 is 2.81 bits per heavy atom. The van der Waals surface area contributed by atoms with Gasteiger partial charge < -0.3 is 14.6 Å². The first-order valence-corrected chi connectivity index (χ1v) is 9.52. The predicted octanol–water partition coefficient (Wildman–Crippen LogP) is 3.62. The molecular formula is C22H22FNO3. The Hall–Kier alpha value is -2.37. The summed E-state index contributed by atoms with van der Waals surface area (Å²) in [5.74, 6) is 0.941. The van der Waals surface area contributed by atoms with Crippen molar-refractivity contribution in [2.24, 2.45) is 0 Å². The van der Waals surface area contributed by atoms with Gasteiger partial charge in [-0.25, -0.2) is 4.39 Å². The van der Waals surface area contributed by atoms with Gasteiger partial charge in [0.05, 0.1) is 0 Å². The zero-order chi connectivity index (χ0) is 18.4. The Morgan fingerprint density at radius 2 is 1.96 bits per heavy atom. The molecule has 140 valence electrons. The quantitative estimate of drug-likeness (QED) is 0.824. The highest BCUT2D eigenvalue weighted by Gasteiger charge is 2.43. The number of para-hydroxylation sites is 1. The minimum Gasteiger partial charge on any atom is -0.486 e. The first-order chi connectivity index (χ1) is 13.2. The monoisotopic (exact) mass is 367 g/mol. The second-order valence-corrected chi connectivity index (χ2v) is 7.30. The number of hydrogen-bond acceptors (Lipinski definition) is 4. The normalized spacial score (nSPS) is 24.1. The van der Waals surface area contributed by atoms with Crippen LogP contribution in [0.1, 0.15) is 24.0 Å². The van der Waals surface area contributed by atoms with E-state index in [9.17, 15) is 9.50 Å².